The summed E-state index contributed by atoms with van der Waals surface area (Å²) in [5.41, 5.74) is 1.27. The molecule has 3 amide bonds. The van der Waals surface area contributed by atoms with Crippen molar-refractivity contribution < 1.29 is 27.6 Å². The predicted octanol–water partition coefficient (Wildman–Crippen LogP) is 2.31. The Hall–Kier alpha value is -2.39. The van der Waals surface area contributed by atoms with Crippen molar-refractivity contribution in [2.75, 3.05) is 13.1 Å². The van der Waals surface area contributed by atoms with Crippen LogP contribution in [0.2, 0.25) is 0 Å². The van der Waals surface area contributed by atoms with Gasteiger partial charge in [0, 0.05) is 43.2 Å². The molecule has 1 aromatic rings. The summed E-state index contributed by atoms with van der Waals surface area (Å²) in [7, 11) is 0. The Labute approximate surface area is 166 Å². The number of halogens is 3. The lowest BCUT2D eigenvalue weighted by atomic mass is 9.95. The van der Waals surface area contributed by atoms with E-state index in [1.165, 1.54) is 4.90 Å². The van der Waals surface area contributed by atoms with Crippen LogP contribution in [0.4, 0.5) is 13.2 Å². The maximum Gasteiger partial charge on any atom is 0.408 e. The number of hydrogen-bond donors (Lipinski definition) is 0. The second-order valence-corrected chi connectivity index (χ2v) is 7.79. The lowest BCUT2D eigenvalue weighted by Gasteiger charge is -2.36. The van der Waals surface area contributed by atoms with Crippen LogP contribution in [0, 0.1) is 13.8 Å². The van der Waals surface area contributed by atoms with Gasteiger partial charge in [0.05, 0.1) is 11.6 Å². The summed E-state index contributed by atoms with van der Waals surface area (Å²) < 4.78 is 39.1. The van der Waals surface area contributed by atoms with E-state index in [-0.39, 0.29) is 36.6 Å². The molecule has 0 aliphatic carbocycles. The molecule has 3 rings (SSSR count). The predicted molar refractivity (Wildman–Crippen MR) is 96.9 cm³/mol. The number of piperidine rings is 1. The molecule has 10 heteroatoms. The lowest BCUT2D eigenvalue weighted by molar-refractivity contribution is -0.144. The molecule has 0 radical (unpaired) electrons. The van der Waals surface area contributed by atoms with Crippen molar-refractivity contribution in [2.45, 2.75) is 71.1 Å². The van der Waals surface area contributed by atoms with E-state index in [2.05, 4.69) is 5.10 Å². The number of alkyl halides is 3. The van der Waals surface area contributed by atoms with E-state index in [0.29, 0.717) is 42.9 Å². The highest BCUT2D eigenvalue weighted by molar-refractivity contribution is 6.02. The molecule has 3 heterocycles. The van der Waals surface area contributed by atoms with E-state index in [0.717, 1.165) is 4.68 Å². The van der Waals surface area contributed by atoms with Crippen LogP contribution in [0.3, 0.4) is 0 Å². The van der Waals surface area contributed by atoms with Crippen LogP contribution in [0.5, 0.6) is 0 Å². The van der Waals surface area contributed by atoms with Gasteiger partial charge in [-0.2, -0.15) is 18.3 Å². The van der Waals surface area contributed by atoms with E-state index in [1.807, 2.05) is 0 Å². The molecule has 2 aliphatic rings. The molecule has 0 bridgehead atoms. The second-order valence-electron chi connectivity index (χ2n) is 7.79. The van der Waals surface area contributed by atoms with Gasteiger partial charge >= 0.3 is 6.18 Å². The van der Waals surface area contributed by atoms with Crippen molar-refractivity contribution in [3.05, 3.63) is 17.0 Å². The third-order valence-electron chi connectivity index (χ3n) is 5.80. The highest BCUT2D eigenvalue weighted by Crippen LogP contribution is 2.29. The number of imide groups is 1. The topological polar surface area (TPSA) is 75.5 Å². The number of aromatic nitrogens is 2. The average molecular weight is 414 g/mol. The van der Waals surface area contributed by atoms with Crippen LogP contribution in [0.1, 0.15) is 55.5 Å². The molecule has 0 aromatic carbocycles. The van der Waals surface area contributed by atoms with Crippen LogP contribution >= 0.6 is 0 Å². The van der Waals surface area contributed by atoms with E-state index >= 15 is 0 Å². The van der Waals surface area contributed by atoms with Gasteiger partial charge in [0.15, 0.2) is 0 Å². The van der Waals surface area contributed by atoms with Crippen molar-refractivity contribution in [3.63, 3.8) is 0 Å². The van der Waals surface area contributed by atoms with Crippen molar-refractivity contribution >= 4 is 17.7 Å². The first kappa shape index (κ1) is 21.3. The highest BCUT2D eigenvalue weighted by Gasteiger charge is 2.38. The molecule has 0 spiro atoms. The molecule has 0 saturated carbocycles. The van der Waals surface area contributed by atoms with Crippen LogP contribution in [0.25, 0.3) is 0 Å². The minimum atomic E-state index is -4.39. The number of carbonyl (C=O) groups is 3. The number of aryl methyl sites for hydroxylation is 1. The molecule has 1 aromatic heterocycles. The summed E-state index contributed by atoms with van der Waals surface area (Å²) >= 11 is 0. The van der Waals surface area contributed by atoms with E-state index < -0.39 is 18.6 Å². The first-order valence-corrected chi connectivity index (χ1v) is 9.74. The fourth-order valence-electron chi connectivity index (χ4n) is 4.40. The zero-order valence-electron chi connectivity index (χ0n) is 16.8. The largest absolute Gasteiger partial charge is 0.408 e. The molecule has 2 fully saturated rings. The van der Waals surface area contributed by atoms with Crippen molar-refractivity contribution in [1.29, 1.82) is 0 Å². The van der Waals surface area contributed by atoms with E-state index in [4.69, 9.17) is 0 Å². The quantitative estimate of drug-likeness (QED) is 0.709. The van der Waals surface area contributed by atoms with Crippen LogP contribution < -0.4 is 0 Å². The zero-order chi connectivity index (χ0) is 21.5. The van der Waals surface area contributed by atoms with Gasteiger partial charge < -0.3 is 4.90 Å². The molecule has 2 saturated heterocycles. The fourth-order valence-corrected chi connectivity index (χ4v) is 4.40. The van der Waals surface area contributed by atoms with Gasteiger partial charge in [-0.25, -0.2) is 0 Å². The third-order valence-corrected chi connectivity index (χ3v) is 5.80. The Balaban J connectivity index is 1.67. The number of rotatable bonds is 4. The van der Waals surface area contributed by atoms with Crippen LogP contribution in [0.15, 0.2) is 0 Å². The third kappa shape index (κ3) is 4.30. The van der Waals surface area contributed by atoms with E-state index in [1.54, 1.807) is 25.7 Å². The second kappa shape index (κ2) is 7.79. The normalized spacial score (nSPS) is 19.9. The number of carbonyl (C=O) groups excluding carboxylic acids is 3. The first-order chi connectivity index (χ1) is 13.5. The molecule has 1 atom stereocenters. The number of amides is 3. The maximum atomic E-state index is 13.0. The first-order valence-electron chi connectivity index (χ1n) is 9.74. The molecule has 1 unspecified atom stereocenters. The molecular formula is C19H25F3N4O3. The van der Waals surface area contributed by atoms with Crippen molar-refractivity contribution in [3.8, 4) is 0 Å². The highest BCUT2D eigenvalue weighted by atomic mass is 19.4. The molecular weight excluding hydrogens is 389 g/mol. The van der Waals surface area contributed by atoms with Gasteiger partial charge in [-0.3, -0.25) is 24.0 Å². The van der Waals surface area contributed by atoms with Crippen LogP contribution in [-0.2, 0) is 20.9 Å². The van der Waals surface area contributed by atoms with Crippen molar-refractivity contribution in [2.24, 2.45) is 0 Å². The maximum absolute atomic E-state index is 13.0. The summed E-state index contributed by atoms with van der Waals surface area (Å²) in [4.78, 5) is 39.8. The van der Waals surface area contributed by atoms with Gasteiger partial charge in [-0.05, 0) is 33.6 Å². The van der Waals surface area contributed by atoms with Gasteiger partial charge in [0.1, 0.15) is 6.54 Å². The number of hydrogen-bond acceptors (Lipinski definition) is 4. The lowest BCUT2D eigenvalue weighted by Crippen LogP contribution is -2.49. The van der Waals surface area contributed by atoms with Gasteiger partial charge in [0.2, 0.25) is 17.7 Å². The summed E-state index contributed by atoms with van der Waals surface area (Å²) in [6.45, 7) is 4.44. The standard InChI is InChI=1S/C19H25F3N4O3/c1-11(17-12(2)23-25(13(17)3)10-19(20,21)22)18(29)24-8-6-14(7-9-24)26-15(27)4-5-16(26)28/h11,14H,4-10H2,1-3H3. The van der Waals surface area contributed by atoms with Crippen molar-refractivity contribution in [1.82, 2.24) is 19.6 Å². The Morgan fingerprint density at radius 2 is 1.69 bits per heavy atom. The average Bonchev–Trinajstić information content (AvgIpc) is 3.11. The molecule has 160 valence electrons. The van der Waals surface area contributed by atoms with Gasteiger partial charge in [-0.1, -0.05) is 0 Å². The summed E-state index contributed by atoms with van der Waals surface area (Å²) in [5, 5.41) is 3.97. The minimum absolute atomic E-state index is 0.156. The Morgan fingerprint density at radius 1 is 1.14 bits per heavy atom. The van der Waals surface area contributed by atoms with Gasteiger partial charge in [0.25, 0.3) is 0 Å². The smallest absolute Gasteiger partial charge is 0.342 e. The Kier molecular flexibility index (Phi) is 5.73. The number of nitrogens with zero attached hydrogens (tertiary/aromatic N) is 4. The summed E-state index contributed by atoms with van der Waals surface area (Å²) in [5.74, 6) is -1.11. The summed E-state index contributed by atoms with van der Waals surface area (Å²) in [6.07, 6.45) is -2.87. The monoisotopic (exact) mass is 414 g/mol. The molecule has 2 aliphatic heterocycles. The fraction of sp³-hybridized carbons (Fsp3) is 0.684. The van der Waals surface area contributed by atoms with Crippen LogP contribution in [-0.4, -0.2) is 62.6 Å². The zero-order valence-corrected chi connectivity index (χ0v) is 16.8. The molecule has 0 N–H and O–H groups in total. The molecule has 7 nitrogen and oxygen atoms in total. The minimum Gasteiger partial charge on any atom is -0.342 e. The number of likely N-dealkylation sites (tertiary alicyclic amines) is 2. The van der Waals surface area contributed by atoms with E-state index in [9.17, 15) is 27.6 Å². The summed E-state index contributed by atoms with van der Waals surface area (Å²) in [6, 6.07) is -0.185. The molecule has 29 heavy (non-hydrogen) atoms. The Morgan fingerprint density at radius 3 is 2.21 bits per heavy atom. The van der Waals surface area contributed by atoms with Gasteiger partial charge in [-0.15, -0.1) is 0 Å². The SMILES string of the molecule is Cc1nn(CC(F)(F)F)c(C)c1C(C)C(=O)N1CCC(N2C(=O)CCC2=O)CC1. The Bertz CT molecular complexity index is 809.